The van der Waals surface area contributed by atoms with Gasteiger partial charge in [-0.05, 0) is 49.7 Å². The minimum absolute atomic E-state index is 0.0430. The van der Waals surface area contributed by atoms with Crippen molar-refractivity contribution in [2.45, 2.75) is 25.2 Å². The Kier molecular flexibility index (Phi) is 8.58. The van der Waals surface area contributed by atoms with E-state index in [0.29, 0.717) is 0 Å². The molecule has 186 valence electrons. The Morgan fingerprint density at radius 1 is 1.17 bits per heavy atom. The fourth-order valence-electron chi connectivity index (χ4n) is 3.08. The predicted octanol–water partition coefficient (Wildman–Crippen LogP) is 4.03. The van der Waals surface area contributed by atoms with Gasteiger partial charge in [0.25, 0.3) is 5.95 Å². The number of carbonyl (C=O) groups is 1. The van der Waals surface area contributed by atoms with E-state index in [9.17, 15) is 18.0 Å². The van der Waals surface area contributed by atoms with Gasteiger partial charge in [-0.25, -0.2) is 10.1 Å². The normalized spacial score (nSPS) is 11.6. The van der Waals surface area contributed by atoms with Crippen LogP contribution >= 0.6 is 11.8 Å². The van der Waals surface area contributed by atoms with E-state index in [1.165, 1.54) is 12.1 Å². The summed E-state index contributed by atoms with van der Waals surface area (Å²) < 4.78 is 39.6. The fourth-order valence-corrected chi connectivity index (χ4v) is 3.73. The first-order valence-corrected chi connectivity index (χ1v) is 11.6. The summed E-state index contributed by atoms with van der Waals surface area (Å²) in [4.78, 5) is 14.4. The minimum atomic E-state index is -4.49. The third kappa shape index (κ3) is 7.12. The summed E-state index contributed by atoms with van der Waals surface area (Å²) in [5.74, 6) is 5.45. The highest BCUT2D eigenvalue weighted by atomic mass is 32.2. The molecule has 0 spiro atoms. The van der Waals surface area contributed by atoms with E-state index in [1.807, 2.05) is 24.3 Å². The summed E-state index contributed by atoms with van der Waals surface area (Å²) in [5, 5.41) is 14.5. The van der Waals surface area contributed by atoms with E-state index in [2.05, 4.69) is 44.8 Å². The van der Waals surface area contributed by atoms with Gasteiger partial charge in [-0.1, -0.05) is 30.0 Å². The second-order valence-corrected chi connectivity index (χ2v) is 8.17. The van der Waals surface area contributed by atoms with E-state index in [-0.39, 0.29) is 22.5 Å². The highest BCUT2D eigenvalue weighted by molar-refractivity contribution is 7.99. The van der Waals surface area contributed by atoms with Crippen molar-refractivity contribution in [2.75, 3.05) is 40.3 Å². The monoisotopic (exact) mass is 506 g/mol. The van der Waals surface area contributed by atoms with Crippen molar-refractivity contribution >= 4 is 41.2 Å². The zero-order chi connectivity index (χ0) is 25.4. The number of halogens is 3. The first kappa shape index (κ1) is 25.9. The first-order valence-electron chi connectivity index (χ1n) is 10.7. The molecule has 0 radical (unpaired) electrons. The van der Waals surface area contributed by atoms with Crippen molar-refractivity contribution < 1.29 is 18.0 Å². The molecule has 1 amide bonds. The maximum atomic E-state index is 12.8. The summed E-state index contributed by atoms with van der Waals surface area (Å²) in [6.07, 6.45) is -2.89. The Bertz CT molecular complexity index is 1160. The van der Waals surface area contributed by atoms with E-state index in [1.54, 1.807) is 6.21 Å². The number of carbonyl (C=O) groups excluding carboxylic acids is 1. The van der Waals surface area contributed by atoms with Crippen LogP contribution in [0.5, 0.6) is 0 Å². The highest BCUT2D eigenvalue weighted by Crippen LogP contribution is 2.30. The molecule has 2 aromatic carbocycles. The lowest BCUT2D eigenvalue weighted by molar-refractivity contribution is -0.137. The number of aromatic nitrogens is 3. The number of hydrazone groups is 1. The van der Waals surface area contributed by atoms with E-state index >= 15 is 0 Å². The molecule has 0 fully saturated rings. The number of nitrogen functional groups attached to an aromatic ring is 1. The van der Waals surface area contributed by atoms with Gasteiger partial charge in [0, 0.05) is 24.5 Å². The van der Waals surface area contributed by atoms with Crippen LogP contribution in [0.1, 0.15) is 25.0 Å². The van der Waals surface area contributed by atoms with Crippen LogP contribution in [-0.4, -0.2) is 45.8 Å². The molecule has 1 aromatic heterocycles. The predicted molar refractivity (Wildman–Crippen MR) is 132 cm³/mol. The average Bonchev–Trinajstić information content (AvgIpc) is 3.18. The molecule has 0 bridgehead atoms. The second-order valence-electron chi connectivity index (χ2n) is 7.23. The lowest BCUT2D eigenvalue weighted by Gasteiger charge is -2.20. The number of amides is 1. The number of benzene rings is 2. The number of nitrogens with two attached hydrogens (primary N) is 1. The molecule has 3 rings (SSSR count). The van der Waals surface area contributed by atoms with Crippen LogP contribution in [0.3, 0.4) is 0 Å². The zero-order valence-corrected chi connectivity index (χ0v) is 19.9. The third-order valence-corrected chi connectivity index (χ3v) is 5.81. The number of rotatable bonds is 10. The Hall–Kier alpha value is -3.74. The van der Waals surface area contributed by atoms with Crippen LogP contribution in [-0.2, 0) is 11.0 Å². The average molecular weight is 507 g/mol. The second kappa shape index (κ2) is 11.6. The van der Waals surface area contributed by atoms with Gasteiger partial charge < -0.3 is 16.1 Å². The van der Waals surface area contributed by atoms with Crippen LogP contribution in [0.15, 0.2) is 58.8 Å². The molecule has 0 saturated heterocycles. The summed E-state index contributed by atoms with van der Waals surface area (Å²) in [5.41, 5.74) is 3.89. The summed E-state index contributed by atoms with van der Waals surface area (Å²) in [6.45, 7) is 6.04. The molecule has 3 aromatic rings. The van der Waals surface area contributed by atoms with Crippen molar-refractivity contribution in [3.05, 3.63) is 59.7 Å². The van der Waals surface area contributed by atoms with Crippen molar-refractivity contribution in [2.24, 2.45) is 5.10 Å². The standard InChI is InChI=1S/C22H25F3N8OS/c1-3-32(4-2)18-10-8-15(9-11-18)13-27-29-20-30-31-21(33(20)26)35-14-19(34)28-17-7-5-6-16(12-17)22(23,24)25/h5-13H,3-4,14,26H2,1-2H3,(H,28,34)(H,29,30)/b27-13+. The van der Waals surface area contributed by atoms with Crippen molar-refractivity contribution in [1.29, 1.82) is 0 Å². The Labute approximate surface area is 204 Å². The van der Waals surface area contributed by atoms with Crippen molar-refractivity contribution in [1.82, 2.24) is 14.9 Å². The lowest BCUT2D eigenvalue weighted by Crippen LogP contribution is -2.21. The molecule has 1 heterocycles. The Morgan fingerprint density at radius 3 is 2.54 bits per heavy atom. The highest BCUT2D eigenvalue weighted by Gasteiger charge is 2.30. The molecular formula is C22H25F3N8OS. The van der Waals surface area contributed by atoms with Crippen molar-refractivity contribution in [3.63, 3.8) is 0 Å². The topological polar surface area (TPSA) is 113 Å². The van der Waals surface area contributed by atoms with Crippen LogP contribution in [0, 0.1) is 0 Å². The first-order chi connectivity index (χ1) is 16.7. The van der Waals surface area contributed by atoms with Crippen LogP contribution in [0.25, 0.3) is 0 Å². The molecule has 0 saturated carbocycles. The van der Waals surface area contributed by atoms with E-state index in [4.69, 9.17) is 5.84 Å². The van der Waals surface area contributed by atoms with Gasteiger partial charge in [0.05, 0.1) is 17.5 Å². The molecule has 0 aliphatic rings. The number of hydrogen-bond acceptors (Lipinski definition) is 8. The van der Waals surface area contributed by atoms with Crippen molar-refractivity contribution in [3.8, 4) is 0 Å². The van der Waals surface area contributed by atoms with Gasteiger partial charge in [-0.2, -0.15) is 18.3 Å². The number of hydrogen-bond donors (Lipinski definition) is 3. The fraction of sp³-hybridized carbons (Fsp3) is 0.273. The number of nitrogens with one attached hydrogen (secondary N) is 2. The summed E-state index contributed by atoms with van der Waals surface area (Å²) in [6, 6.07) is 12.3. The van der Waals surface area contributed by atoms with Crippen LogP contribution in [0.2, 0.25) is 0 Å². The quantitative estimate of drug-likeness (QED) is 0.165. The van der Waals surface area contributed by atoms with Gasteiger partial charge in [0.1, 0.15) is 0 Å². The van der Waals surface area contributed by atoms with Crippen LogP contribution < -0.4 is 21.5 Å². The van der Waals surface area contributed by atoms with E-state index in [0.717, 1.165) is 52.9 Å². The molecule has 9 nitrogen and oxygen atoms in total. The molecule has 0 aliphatic carbocycles. The number of alkyl halides is 3. The molecular weight excluding hydrogens is 481 g/mol. The van der Waals surface area contributed by atoms with Gasteiger partial charge >= 0.3 is 6.18 Å². The number of nitrogens with zero attached hydrogens (tertiary/aromatic N) is 5. The van der Waals surface area contributed by atoms with Gasteiger partial charge in [0.2, 0.25) is 11.1 Å². The summed E-state index contributed by atoms with van der Waals surface area (Å²) >= 11 is 0.977. The van der Waals surface area contributed by atoms with Gasteiger partial charge in [-0.3, -0.25) is 4.79 Å². The molecule has 0 atom stereocenters. The Morgan fingerprint density at radius 2 is 1.89 bits per heavy atom. The maximum Gasteiger partial charge on any atom is 0.416 e. The maximum absolute atomic E-state index is 12.8. The molecule has 4 N–H and O–H groups in total. The molecule has 35 heavy (non-hydrogen) atoms. The largest absolute Gasteiger partial charge is 0.416 e. The molecule has 0 unspecified atom stereocenters. The SMILES string of the molecule is CCN(CC)c1ccc(/C=N/Nc2nnc(SCC(=O)Nc3cccc(C(F)(F)F)c3)n2N)cc1. The molecule has 13 heteroatoms. The number of thioether (sulfide) groups is 1. The minimum Gasteiger partial charge on any atom is -0.372 e. The summed E-state index contributed by atoms with van der Waals surface area (Å²) in [7, 11) is 0. The zero-order valence-electron chi connectivity index (χ0n) is 19.1. The lowest BCUT2D eigenvalue weighted by atomic mass is 10.2. The molecule has 0 aliphatic heterocycles. The van der Waals surface area contributed by atoms with Gasteiger partial charge in [-0.15, -0.1) is 10.2 Å². The third-order valence-electron chi connectivity index (χ3n) is 4.87. The van der Waals surface area contributed by atoms with Gasteiger partial charge in [0.15, 0.2) is 0 Å². The smallest absolute Gasteiger partial charge is 0.372 e. The van der Waals surface area contributed by atoms with E-state index < -0.39 is 17.6 Å². The number of anilines is 3. The Balaban J connectivity index is 1.52. The van der Waals surface area contributed by atoms with Crippen LogP contribution in [0.4, 0.5) is 30.5 Å².